The number of thiophene rings is 1. The van der Waals surface area contributed by atoms with Crippen LogP contribution in [0, 0.1) is 6.92 Å². The molecule has 0 spiro atoms. The Morgan fingerprint density at radius 3 is 2.35 bits per heavy atom. The number of halogens is 3. The van der Waals surface area contributed by atoms with Crippen molar-refractivity contribution in [3.05, 3.63) is 46.3 Å². The van der Waals surface area contributed by atoms with Crippen LogP contribution in [-0.2, 0) is 12.6 Å². The summed E-state index contributed by atoms with van der Waals surface area (Å²) in [4.78, 5) is 2.14. The van der Waals surface area contributed by atoms with Crippen molar-refractivity contribution in [1.82, 2.24) is 0 Å². The van der Waals surface area contributed by atoms with E-state index in [-0.39, 0.29) is 6.61 Å². The highest BCUT2D eigenvalue weighted by atomic mass is 32.1. The molecule has 1 nitrogen and oxygen atoms in total. The van der Waals surface area contributed by atoms with E-state index in [2.05, 4.69) is 0 Å². The molecule has 0 atom stereocenters. The summed E-state index contributed by atoms with van der Waals surface area (Å²) in [6.45, 7) is 2.13. The third kappa shape index (κ3) is 3.41. The summed E-state index contributed by atoms with van der Waals surface area (Å²) in [6, 6.07) is 7.21. The fourth-order valence-electron chi connectivity index (χ4n) is 1.97. The molecule has 2 aromatic rings. The largest absolute Gasteiger partial charge is 0.416 e. The van der Waals surface area contributed by atoms with E-state index in [0.29, 0.717) is 6.42 Å². The summed E-state index contributed by atoms with van der Waals surface area (Å²) in [5.74, 6) is 0. The lowest BCUT2D eigenvalue weighted by Gasteiger charge is -2.06. The standard InChI is InChI=1S/C15H15F3OS/c1-10-9-14(20-13(10)3-2-8-19)11-4-6-12(7-5-11)15(16,17)18/h4-7,9,19H,2-3,8H2,1H3. The van der Waals surface area contributed by atoms with Crippen LogP contribution in [0.25, 0.3) is 10.4 Å². The normalized spacial score (nSPS) is 11.8. The van der Waals surface area contributed by atoms with Crippen molar-refractivity contribution in [3.63, 3.8) is 0 Å². The van der Waals surface area contributed by atoms with Crippen LogP contribution < -0.4 is 0 Å². The van der Waals surface area contributed by atoms with Gasteiger partial charge in [0.2, 0.25) is 0 Å². The zero-order chi connectivity index (χ0) is 14.8. The number of hydrogen-bond acceptors (Lipinski definition) is 2. The summed E-state index contributed by atoms with van der Waals surface area (Å²) in [5, 5.41) is 8.85. The van der Waals surface area contributed by atoms with Gasteiger partial charge in [-0.1, -0.05) is 12.1 Å². The second kappa shape index (κ2) is 5.97. The third-order valence-corrected chi connectivity index (χ3v) is 4.43. The molecule has 2 rings (SSSR count). The minimum absolute atomic E-state index is 0.146. The van der Waals surface area contributed by atoms with Gasteiger partial charge in [-0.05, 0) is 49.1 Å². The van der Waals surface area contributed by atoms with Crippen molar-refractivity contribution in [2.45, 2.75) is 25.9 Å². The zero-order valence-electron chi connectivity index (χ0n) is 11.0. The topological polar surface area (TPSA) is 20.2 Å². The Morgan fingerprint density at radius 2 is 1.80 bits per heavy atom. The first kappa shape index (κ1) is 15.1. The van der Waals surface area contributed by atoms with Crippen molar-refractivity contribution in [2.24, 2.45) is 0 Å². The first-order chi connectivity index (χ1) is 9.41. The highest BCUT2D eigenvalue weighted by Gasteiger charge is 2.30. The van der Waals surface area contributed by atoms with E-state index in [1.54, 1.807) is 11.3 Å². The predicted molar refractivity (Wildman–Crippen MR) is 74.9 cm³/mol. The molecule has 0 aliphatic heterocycles. The van der Waals surface area contributed by atoms with Crippen LogP contribution in [0.1, 0.15) is 22.4 Å². The van der Waals surface area contributed by atoms with Gasteiger partial charge in [-0.25, -0.2) is 0 Å². The van der Waals surface area contributed by atoms with Gasteiger partial charge in [-0.15, -0.1) is 11.3 Å². The highest BCUT2D eigenvalue weighted by molar-refractivity contribution is 7.15. The number of alkyl halides is 3. The van der Waals surface area contributed by atoms with Crippen LogP contribution in [0.3, 0.4) is 0 Å². The molecule has 0 amide bonds. The van der Waals surface area contributed by atoms with Gasteiger partial charge in [-0.2, -0.15) is 13.2 Å². The van der Waals surface area contributed by atoms with Gasteiger partial charge < -0.3 is 5.11 Å². The summed E-state index contributed by atoms with van der Waals surface area (Å²) < 4.78 is 37.5. The summed E-state index contributed by atoms with van der Waals surface area (Å²) in [5.41, 5.74) is 1.29. The lowest BCUT2D eigenvalue weighted by molar-refractivity contribution is -0.137. The number of aryl methyl sites for hydroxylation is 2. The molecule has 1 heterocycles. The molecule has 0 aliphatic rings. The number of benzene rings is 1. The Bertz CT molecular complexity index is 570. The van der Waals surface area contributed by atoms with Crippen molar-refractivity contribution in [3.8, 4) is 10.4 Å². The van der Waals surface area contributed by atoms with Gasteiger partial charge >= 0.3 is 6.18 Å². The van der Waals surface area contributed by atoms with Crippen molar-refractivity contribution in [1.29, 1.82) is 0 Å². The van der Waals surface area contributed by atoms with Crippen molar-refractivity contribution < 1.29 is 18.3 Å². The number of hydrogen-bond donors (Lipinski definition) is 1. The molecule has 0 fully saturated rings. The van der Waals surface area contributed by atoms with Gasteiger partial charge in [0.05, 0.1) is 5.56 Å². The van der Waals surface area contributed by atoms with Gasteiger partial charge in [0, 0.05) is 16.4 Å². The Labute approximate surface area is 119 Å². The van der Waals surface area contributed by atoms with Crippen LogP contribution in [-0.4, -0.2) is 11.7 Å². The minimum atomic E-state index is -4.30. The molecule has 0 aliphatic carbocycles. The number of aliphatic hydroxyl groups is 1. The predicted octanol–water partition coefficient (Wildman–Crippen LogP) is 4.67. The Morgan fingerprint density at radius 1 is 1.15 bits per heavy atom. The fraction of sp³-hybridized carbons (Fsp3) is 0.333. The Kier molecular flexibility index (Phi) is 4.50. The average molecular weight is 300 g/mol. The first-order valence-corrected chi connectivity index (χ1v) is 7.11. The molecule has 5 heteroatoms. The van der Waals surface area contributed by atoms with Gasteiger partial charge in [0.1, 0.15) is 0 Å². The second-order valence-electron chi connectivity index (χ2n) is 4.62. The van der Waals surface area contributed by atoms with Crippen LogP contribution in [0.2, 0.25) is 0 Å². The molecule has 0 saturated heterocycles. The van der Waals surface area contributed by atoms with Gasteiger partial charge in [0.25, 0.3) is 0 Å². The molecular formula is C15H15F3OS. The van der Waals surface area contributed by atoms with E-state index < -0.39 is 11.7 Å². The molecule has 108 valence electrons. The third-order valence-electron chi connectivity index (χ3n) is 3.08. The molecule has 0 unspecified atom stereocenters. The van der Waals surface area contributed by atoms with Crippen LogP contribution in [0.4, 0.5) is 13.2 Å². The van der Waals surface area contributed by atoms with Gasteiger partial charge in [-0.3, -0.25) is 0 Å². The second-order valence-corrected chi connectivity index (χ2v) is 5.76. The SMILES string of the molecule is Cc1cc(-c2ccc(C(F)(F)F)cc2)sc1CCCO. The smallest absolute Gasteiger partial charge is 0.396 e. The van der Waals surface area contributed by atoms with E-state index >= 15 is 0 Å². The van der Waals surface area contributed by atoms with Crippen LogP contribution in [0.15, 0.2) is 30.3 Å². The maximum Gasteiger partial charge on any atom is 0.416 e. The average Bonchev–Trinajstić information content (AvgIpc) is 2.77. The van der Waals surface area contributed by atoms with E-state index in [4.69, 9.17) is 5.11 Å². The Hall–Kier alpha value is -1.33. The van der Waals surface area contributed by atoms with E-state index in [0.717, 1.165) is 34.6 Å². The fourth-order valence-corrected chi connectivity index (χ4v) is 3.19. The Balaban J connectivity index is 2.24. The number of aliphatic hydroxyl groups excluding tert-OH is 1. The maximum absolute atomic E-state index is 12.5. The van der Waals surface area contributed by atoms with Crippen LogP contribution in [0.5, 0.6) is 0 Å². The van der Waals surface area contributed by atoms with E-state index in [1.165, 1.54) is 17.0 Å². The molecule has 0 saturated carbocycles. The molecule has 0 bridgehead atoms. The minimum Gasteiger partial charge on any atom is -0.396 e. The quantitative estimate of drug-likeness (QED) is 0.870. The zero-order valence-corrected chi connectivity index (χ0v) is 11.8. The highest BCUT2D eigenvalue weighted by Crippen LogP contribution is 2.34. The molecule has 1 aromatic heterocycles. The monoisotopic (exact) mass is 300 g/mol. The molecule has 20 heavy (non-hydrogen) atoms. The van der Waals surface area contributed by atoms with E-state index in [9.17, 15) is 13.2 Å². The molecule has 1 aromatic carbocycles. The first-order valence-electron chi connectivity index (χ1n) is 6.29. The lowest BCUT2D eigenvalue weighted by atomic mass is 10.1. The van der Waals surface area contributed by atoms with Crippen LogP contribution >= 0.6 is 11.3 Å². The van der Waals surface area contributed by atoms with E-state index in [1.807, 2.05) is 13.0 Å². The van der Waals surface area contributed by atoms with Gasteiger partial charge in [0.15, 0.2) is 0 Å². The lowest BCUT2D eigenvalue weighted by Crippen LogP contribution is -2.03. The maximum atomic E-state index is 12.5. The van der Waals surface area contributed by atoms with Crippen molar-refractivity contribution >= 4 is 11.3 Å². The van der Waals surface area contributed by atoms with Crippen molar-refractivity contribution in [2.75, 3.05) is 6.61 Å². The molecular weight excluding hydrogens is 285 g/mol. The summed E-state index contributed by atoms with van der Waals surface area (Å²) in [7, 11) is 0. The summed E-state index contributed by atoms with van der Waals surface area (Å²) >= 11 is 1.57. The number of rotatable bonds is 4. The summed E-state index contributed by atoms with van der Waals surface area (Å²) in [6.07, 6.45) is -2.79. The molecule has 1 N–H and O–H groups in total. The molecule has 0 radical (unpaired) electrons.